The number of nitrogens with zero attached hydrogens (tertiary/aromatic N) is 3. The molecule has 16 heavy (non-hydrogen) atoms. The van der Waals surface area contributed by atoms with Crippen LogP contribution in [-0.4, -0.2) is 23.1 Å². The summed E-state index contributed by atoms with van der Waals surface area (Å²) < 4.78 is 0.942. The number of anilines is 1. The smallest absolute Gasteiger partial charge is 0.225 e. The fourth-order valence-electron chi connectivity index (χ4n) is 2.24. The van der Waals surface area contributed by atoms with Gasteiger partial charge in [0.2, 0.25) is 5.95 Å². The molecule has 0 bridgehead atoms. The summed E-state index contributed by atoms with van der Waals surface area (Å²) in [6.07, 6.45) is 8.83. The monoisotopic (exact) mass is 283 g/mol. The molecule has 0 spiro atoms. The molecule has 0 aromatic carbocycles. The quantitative estimate of drug-likeness (QED) is 0.834. The molecule has 0 aliphatic carbocycles. The van der Waals surface area contributed by atoms with Crippen molar-refractivity contribution in [1.29, 1.82) is 0 Å². The van der Waals surface area contributed by atoms with Crippen LogP contribution in [-0.2, 0) is 0 Å². The van der Waals surface area contributed by atoms with Crippen molar-refractivity contribution in [1.82, 2.24) is 9.97 Å². The van der Waals surface area contributed by atoms with Gasteiger partial charge in [-0.05, 0) is 41.1 Å². The van der Waals surface area contributed by atoms with Crippen molar-refractivity contribution >= 4 is 21.9 Å². The molecular weight excluding hydrogens is 266 g/mol. The van der Waals surface area contributed by atoms with Crippen LogP contribution in [0.15, 0.2) is 16.9 Å². The third kappa shape index (κ3) is 2.94. The Hall–Kier alpha value is -0.640. The van der Waals surface area contributed by atoms with Crippen LogP contribution in [0.25, 0.3) is 0 Å². The predicted molar refractivity (Wildman–Crippen MR) is 69.6 cm³/mol. The molecule has 1 aliphatic rings. The summed E-state index contributed by atoms with van der Waals surface area (Å²) >= 11 is 3.36. The molecular formula is C12H18BrN3. The first-order valence-electron chi connectivity index (χ1n) is 6.02. The van der Waals surface area contributed by atoms with Crippen molar-refractivity contribution in [2.45, 2.75) is 32.6 Å². The number of halogens is 1. The molecule has 0 N–H and O–H groups in total. The van der Waals surface area contributed by atoms with Crippen LogP contribution in [0.5, 0.6) is 0 Å². The second-order valence-corrected chi connectivity index (χ2v) is 5.31. The molecule has 3 nitrogen and oxygen atoms in total. The summed E-state index contributed by atoms with van der Waals surface area (Å²) in [7, 11) is 0. The van der Waals surface area contributed by atoms with Gasteiger partial charge in [0, 0.05) is 25.5 Å². The molecule has 1 unspecified atom stereocenters. The molecule has 0 saturated carbocycles. The van der Waals surface area contributed by atoms with Crippen LogP contribution in [0.3, 0.4) is 0 Å². The van der Waals surface area contributed by atoms with Crippen molar-refractivity contribution in [2.24, 2.45) is 5.92 Å². The van der Waals surface area contributed by atoms with E-state index in [1.807, 2.05) is 12.4 Å². The molecule has 1 aliphatic heterocycles. The molecule has 1 saturated heterocycles. The molecule has 2 rings (SSSR count). The highest BCUT2D eigenvalue weighted by molar-refractivity contribution is 9.10. The topological polar surface area (TPSA) is 29.0 Å². The lowest BCUT2D eigenvalue weighted by atomic mass is 9.98. The van der Waals surface area contributed by atoms with Crippen LogP contribution in [0.2, 0.25) is 0 Å². The molecule has 1 aromatic heterocycles. The zero-order chi connectivity index (χ0) is 11.4. The van der Waals surface area contributed by atoms with Gasteiger partial charge in [0.05, 0.1) is 4.47 Å². The van der Waals surface area contributed by atoms with E-state index in [1.54, 1.807) is 0 Å². The summed E-state index contributed by atoms with van der Waals surface area (Å²) in [5, 5.41) is 0. The number of hydrogen-bond donors (Lipinski definition) is 0. The van der Waals surface area contributed by atoms with Crippen molar-refractivity contribution in [3.63, 3.8) is 0 Å². The third-order valence-electron chi connectivity index (χ3n) is 3.31. The number of rotatable bonds is 2. The molecule has 1 fully saturated rings. The summed E-state index contributed by atoms with van der Waals surface area (Å²) in [6.45, 7) is 4.48. The van der Waals surface area contributed by atoms with Crippen molar-refractivity contribution in [3.8, 4) is 0 Å². The maximum Gasteiger partial charge on any atom is 0.225 e. The fraction of sp³-hybridized carbons (Fsp3) is 0.667. The summed E-state index contributed by atoms with van der Waals surface area (Å²) in [4.78, 5) is 11.0. The normalized spacial score (nSPS) is 21.9. The summed E-state index contributed by atoms with van der Waals surface area (Å²) in [5.41, 5.74) is 0. The largest absolute Gasteiger partial charge is 0.341 e. The van der Waals surface area contributed by atoms with Gasteiger partial charge in [-0.1, -0.05) is 13.3 Å². The zero-order valence-electron chi connectivity index (χ0n) is 9.69. The Morgan fingerprint density at radius 2 is 2.06 bits per heavy atom. The van der Waals surface area contributed by atoms with Crippen LogP contribution >= 0.6 is 15.9 Å². The zero-order valence-corrected chi connectivity index (χ0v) is 11.3. The van der Waals surface area contributed by atoms with Crippen molar-refractivity contribution < 1.29 is 0 Å². The van der Waals surface area contributed by atoms with Gasteiger partial charge in [0.15, 0.2) is 0 Å². The molecule has 1 aromatic rings. The highest BCUT2D eigenvalue weighted by Gasteiger charge is 2.17. The van der Waals surface area contributed by atoms with Crippen molar-refractivity contribution in [2.75, 3.05) is 18.0 Å². The Morgan fingerprint density at radius 1 is 1.31 bits per heavy atom. The first kappa shape index (κ1) is 11.8. The Morgan fingerprint density at radius 3 is 2.75 bits per heavy atom. The van der Waals surface area contributed by atoms with E-state index in [9.17, 15) is 0 Å². The minimum atomic E-state index is 0.875. The number of aromatic nitrogens is 2. The van der Waals surface area contributed by atoms with E-state index in [1.165, 1.54) is 25.7 Å². The van der Waals surface area contributed by atoms with E-state index in [0.717, 1.165) is 29.4 Å². The molecule has 88 valence electrons. The van der Waals surface area contributed by atoms with Crippen LogP contribution in [0, 0.1) is 5.92 Å². The maximum atomic E-state index is 4.36. The highest BCUT2D eigenvalue weighted by Crippen LogP contribution is 2.22. The minimum Gasteiger partial charge on any atom is -0.341 e. The van der Waals surface area contributed by atoms with Gasteiger partial charge in [-0.3, -0.25) is 0 Å². The number of hydrogen-bond acceptors (Lipinski definition) is 3. The van der Waals surface area contributed by atoms with E-state index >= 15 is 0 Å². The van der Waals surface area contributed by atoms with E-state index in [0.29, 0.717) is 0 Å². The van der Waals surface area contributed by atoms with E-state index in [4.69, 9.17) is 0 Å². The summed E-state index contributed by atoms with van der Waals surface area (Å²) in [5.74, 6) is 1.76. The lowest BCUT2D eigenvalue weighted by Crippen LogP contribution is -2.26. The Bertz CT molecular complexity index is 326. The van der Waals surface area contributed by atoms with E-state index in [2.05, 4.69) is 37.7 Å². The SMILES string of the molecule is CCC1CCCN(c2ncc(Br)cn2)CC1. The van der Waals surface area contributed by atoms with Gasteiger partial charge in [-0.15, -0.1) is 0 Å². The van der Waals surface area contributed by atoms with Gasteiger partial charge in [-0.25, -0.2) is 9.97 Å². The van der Waals surface area contributed by atoms with Crippen molar-refractivity contribution in [3.05, 3.63) is 16.9 Å². The lowest BCUT2D eigenvalue weighted by Gasteiger charge is -2.20. The second kappa shape index (κ2) is 5.62. The predicted octanol–water partition coefficient (Wildman–Crippen LogP) is 3.26. The summed E-state index contributed by atoms with van der Waals surface area (Å²) in [6, 6.07) is 0. The lowest BCUT2D eigenvalue weighted by molar-refractivity contribution is 0.459. The van der Waals surface area contributed by atoms with Gasteiger partial charge in [-0.2, -0.15) is 0 Å². The van der Waals surface area contributed by atoms with Gasteiger partial charge >= 0.3 is 0 Å². The van der Waals surface area contributed by atoms with Gasteiger partial charge in [0.1, 0.15) is 0 Å². The molecule has 0 amide bonds. The molecule has 4 heteroatoms. The standard InChI is InChI=1S/C12H18BrN3/c1-2-10-4-3-6-16(7-5-10)12-14-8-11(13)9-15-12/h8-10H,2-7H2,1H3. The van der Waals surface area contributed by atoms with Crippen LogP contribution in [0.4, 0.5) is 5.95 Å². The first-order chi connectivity index (χ1) is 7.79. The second-order valence-electron chi connectivity index (χ2n) is 4.39. The average Bonchev–Trinajstić information content (AvgIpc) is 2.55. The molecule has 0 radical (unpaired) electrons. The Balaban J connectivity index is 2.02. The minimum absolute atomic E-state index is 0.875. The third-order valence-corrected chi connectivity index (χ3v) is 3.72. The molecule has 2 heterocycles. The van der Waals surface area contributed by atoms with Gasteiger partial charge < -0.3 is 4.90 Å². The van der Waals surface area contributed by atoms with Gasteiger partial charge in [0.25, 0.3) is 0 Å². The van der Waals surface area contributed by atoms with E-state index < -0.39 is 0 Å². The Kier molecular flexibility index (Phi) is 4.16. The average molecular weight is 284 g/mol. The van der Waals surface area contributed by atoms with Crippen LogP contribution in [0.1, 0.15) is 32.6 Å². The van der Waals surface area contributed by atoms with E-state index in [-0.39, 0.29) is 0 Å². The highest BCUT2D eigenvalue weighted by atomic mass is 79.9. The van der Waals surface area contributed by atoms with Crippen LogP contribution < -0.4 is 4.90 Å². The fourth-order valence-corrected chi connectivity index (χ4v) is 2.45. The first-order valence-corrected chi connectivity index (χ1v) is 6.81. The molecule has 1 atom stereocenters. The Labute approximate surface area is 105 Å². The maximum absolute atomic E-state index is 4.36.